The summed E-state index contributed by atoms with van der Waals surface area (Å²) < 4.78 is 5.29. The third-order valence-corrected chi connectivity index (χ3v) is 2.71. The van der Waals surface area contributed by atoms with E-state index in [-0.39, 0.29) is 0 Å². The van der Waals surface area contributed by atoms with Gasteiger partial charge in [-0.3, -0.25) is 0 Å². The van der Waals surface area contributed by atoms with Crippen LogP contribution < -0.4 is 5.32 Å². The van der Waals surface area contributed by atoms with Crippen LogP contribution in [0.3, 0.4) is 0 Å². The van der Waals surface area contributed by atoms with E-state index >= 15 is 0 Å². The molecule has 1 aliphatic heterocycles. The summed E-state index contributed by atoms with van der Waals surface area (Å²) in [5.41, 5.74) is 0. The Kier molecular flexibility index (Phi) is 3.75. The van der Waals surface area contributed by atoms with Crippen LogP contribution in [-0.2, 0) is 4.74 Å². The van der Waals surface area contributed by atoms with Crippen molar-refractivity contribution >= 4 is 17.5 Å². The molecule has 1 aromatic heterocycles. The molecule has 2 rings (SSSR count). The first-order valence-electron chi connectivity index (χ1n) is 5.14. The smallest absolute Gasteiger partial charge is 0.222 e. The minimum absolute atomic E-state index is 0.562. The van der Waals surface area contributed by atoms with Crippen molar-refractivity contribution in [3.63, 3.8) is 0 Å². The van der Waals surface area contributed by atoms with Crippen LogP contribution in [0.15, 0.2) is 12.4 Å². The standard InChI is InChI=1S/C10H14ClN3O/c11-9-6-13-10(14-7-9)12-5-8-1-3-15-4-2-8/h6-8H,1-5H2,(H,12,13,14). The maximum absolute atomic E-state index is 5.69. The predicted octanol–water partition coefficient (Wildman–Crippen LogP) is 1.97. The van der Waals surface area contributed by atoms with Crippen LogP contribution in [0.25, 0.3) is 0 Å². The molecule has 1 aromatic rings. The Morgan fingerprint density at radius 2 is 2.00 bits per heavy atom. The van der Waals surface area contributed by atoms with Gasteiger partial charge in [0.25, 0.3) is 0 Å². The first-order valence-corrected chi connectivity index (χ1v) is 5.51. The summed E-state index contributed by atoms with van der Waals surface area (Å²) >= 11 is 5.69. The fraction of sp³-hybridized carbons (Fsp3) is 0.600. The van der Waals surface area contributed by atoms with Crippen molar-refractivity contribution < 1.29 is 4.74 Å². The Morgan fingerprint density at radius 3 is 2.67 bits per heavy atom. The van der Waals surface area contributed by atoms with Gasteiger partial charge in [0.05, 0.1) is 17.4 Å². The summed E-state index contributed by atoms with van der Waals surface area (Å²) in [6, 6.07) is 0. The van der Waals surface area contributed by atoms with Crippen molar-refractivity contribution in [3.8, 4) is 0 Å². The minimum Gasteiger partial charge on any atom is -0.381 e. The van der Waals surface area contributed by atoms with Crippen molar-refractivity contribution in [2.75, 3.05) is 25.1 Å². The fourth-order valence-corrected chi connectivity index (χ4v) is 1.69. The number of halogens is 1. The van der Waals surface area contributed by atoms with Gasteiger partial charge in [-0.25, -0.2) is 9.97 Å². The highest BCUT2D eigenvalue weighted by Crippen LogP contribution is 2.15. The Balaban J connectivity index is 1.79. The number of nitrogens with one attached hydrogen (secondary N) is 1. The van der Waals surface area contributed by atoms with Gasteiger partial charge in [-0.05, 0) is 18.8 Å². The van der Waals surface area contributed by atoms with E-state index in [4.69, 9.17) is 16.3 Å². The van der Waals surface area contributed by atoms with Gasteiger partial charge in [-0.15, -0.1) is 0 Å². The molecule has 1 fully saturated rings. The zero-order valence-electron chi connectivity index (χ0n) is 8.45. The average Bonchev–Trinajstić information content (AvgIpc) is 2.30. The topological polar surface area (TPSA) is 47.0 Å². The lowest BCUT2D eigenvalue weighted by atomic mass is 10.0. The molecule has 0 radical (unpaired) electrons. The molecule has 0 amide bonds. The van der Waals surface area contributed by atoms with Crippen LogP contribution in [0.2, 0.25) is 5.02 Å². The molecule has 0 atom stereocenters. The molecule has 0 bridgehead atoms. The van der Waals surface area contributed by atoms with Crippen molar-refractivity contribution in [3.05, 3.63) is 17.4 Å². The third-order valence-electron chi connectivity index (χ3n) is 2.51. The van der Waals surface area contributed by atoms with Crippen LogP contribution in [0.1, 0.15) is 12.8 Å². The third kappa shape index (κ3) is 3.32. The second-order valence-corrected chi connectivity index (χ2v) is 4.10. The molecule has 1 aliphatic rings. The first kappa shape index (κ1) is 10.6. The summed E-state index contributed by atoms with van der Waals surface area (Å²) in [5.74, 6) is 1.31. The average molecular weight is 228 g/mol. The number of hydrogen-bond donors (Lipinski definition) is 1. The fourth-order valence-electron chi connectivity index (χ4n) is 1.59. The van der Waals surface area contributed by atoms with Gasteiger partial charge < -0.3 is 10.1 Å². The second-order valence-electron chi connectivity index (χ2n) is 3.66. The van der Waals surface area contributed by atoms with E-state index in [0.717, 1.165) is 32.6 Å². The monoisotopic (exact) mass is 227 g/mol. The number of rotatable bonds is 3. The minimum atomic E-state index is 0.562. The lowest BCUT2D eigenvalue weighted by Gasteiger charge is -2.21. The second kappa shape index (κ2) is 5.28. The summed E-state index contributed by atoms with van der Waals surface area (Å²) in [7, 11) is 0. The zero-order valence-corrected chi connectivity index (χ0v) is 9.20. The van der Waals surface area contributed by atoms with E-state index < -0.39 is 0 Å². The van der Waals surface area contributed by atoms with Gasteiger partial charge in [-0.1, -0.05) is 11.6 Å². The summed E-state index contributed by atoms with van der Waals surface area (Å²) in [6.07, 6.45) is 5.42. The van der Waals surface area contributed by atoms with Crippen molar-refractivity contribution in [2.24, 2.45) is 5.92 Å². The van der Waals surface area contributed by atoms with Gasteiger partial charge in [0.1, 0.15) is 0 Å². The molecular weight excluding hydrogens is 214 g/mol. The first-order chi connectivity index (χ1) is 7.34. The summed E-state index contributed by atoms with van der Waals surface area (Å²) in [6.45, 7) is 2.65. The molecule has 0 saturated carbocycles. The highest BCUT2D eigenvalue weighted by atomic mass is 35.5. The maximum Gasteiger partial charge on any atom is 0.222 e. The highest BCUT2D eigenvalue weighted by molar-refractivity contribution is 6.30. The van der Waals surface area contributed by atoms with Crippen LogP contribution >= 0.6 is 11.6 Å². The van der Waals surface area contributed by atoms with Gasteiger partial charge >= 0.3 is 0 Å². The number of anilines is 1. The van der Waals surface area contributed by atoms with Crippen molar-refractivity contribution in [2.45, 2.75) is 12.8 Å². The Labute approximate surface area is 94.0 Å². The van der Waals surface area contributed by atoms with E-state index in [1.807, 2.05) is 0 Å². The summed E-state index contributed by atoms with van der Waals surface area (Å²) in [5, 5.41) is 3.77. The zero-order chi connectivity index (χ0) is 10.5. The molecule has 4 nitrogen and oxygen atoms in total. The van der Waals surface area contributed by atoms with Gasteiger partial charge in [0, 0.05) is 19.8 Å². The number of ether oxygens (including phenoxy) is 1. The molecule has 2 heterocycles. The van der Waals surface area contributed by atoms with Crippen LogP contribution in [-0.4, -0.2) is 29.7 Å². The largest absolute Gasteiger partial charge is 0.381 e. The predicted molar refractivity (Wildman–Crippen MR) is 59.1 cm³/mol. The number of hydrogen-bond acceptors (Lipinski definition) is 4. The molecule has 5 heteroatoms. The van der Waals surface area contributed by atoms with E-state index in [9.17, 15) is 0 Å². The lowest BCUT2D eigenvalue weighted by Crippen LogP contribution is -2.23. The van der Waals surface area contributed by atoms with E-state index in [2.05, 4.69) is 15.3 Å². The van der Waals surface area contributed by atoms with E-state index in [1.54, 1.807) is 12.4 Å². The number of nitrogens with zero attached hydrogens (tertiary/aromatic N) is 2. The molecule has 1 N–H and O–H groups in total. The Hall–Kier alpha value is -0.870. The van der Waals surface area contributed by atoms with E-state index in [1.165, 1.54) is 0 Å². The quantitative estimate of drug-likeness (QED) is 0.858. The molecule has 1 saturated heterocycles. The van der Waals surface area contributed by atoms with Gasteiger partial charge in [0.15, 0.2) is 0 Å². The van der Waals surface area contributed by atoms with Crippen LogP contribution in [0.5, 0.6) is 0 Å². The van der Waals surface area contributed by atoms with Crippen molar-refractivity contribution in [1.82, 2.24) is 9.97 Å². The maximum atomic E-state index is 5.69. The van der Waals surface area contributed by atoms with Crippen LogP contribution in [0.4, 0.5) is 5.95 Å². The van der Waals surface area contributed by atoms with Crippen LogP contribution in [0, 0.1) is 5.92 Å². The normalized spacial score (nSPS) is 17.7. The molecule has 0 aromatic carbocycles. The molecule has 0 spiro atoms. The SMILES string of the molecule is Clc1cnc(NCC2CCOCC2)nc1. The van der Waals surface area contributed by atoms with E-state index in [0.29, 0.717) is 16.9 Å². The number of aromatic nitrogens is 2. The molecule has 0 unspecified atom stereocenters. The molecule has 15 heavy (non-hydrogen) atoms. The summed E-state index contributed by atoms with van der Waals surface area (Å²) in [4.78, 5) is 8.15. The van der Waals surface area contributed by atoms with Gasteiger partial charge in [-0.2, -0.15) is 0 Å². The molecule has 0 aliphatic carbocycles. The molecular formula is C10H14ClN3O. The Bertz CT molecular complexity index is 298. The lowest BCUT2D eigenvalue weighted by molar-refractivity contribution is 0.0699. The Morgan fingerprint density at radius 1 is 1.33 bits per heavy atom. The van der Waals surface area contributed by atoms with Crippen molar-refractivity contribution in [1.29, 1.82) is 0 Å². The molecule has 82 valence electrons. The highest BCUT2D eigenvalue weighted by Gasteiger charge is 2.13. The van der Waals surface area contributed by atoms with Gasteiger partial charge in [0.2, 0.25) is 5.95 Å².